The molecule has 3 nitrogen and oxygen atoms in total. The molecule has 0 aromatic heterocycles. The number of benzene rings is 1. The molecule has 98 valence electrons. The summed E-state index contributed by atoms with van der Waals surface area (Å²) in [5, 5.41) is 3.29. The fourth-order valence-electron chi connectivity index (χ4n) is 2.81. The molecule has 1 unspecified atom stereocenters. The second-order valence-corrected chi connectivity index (χ2v) is 5.60. The van der Waals surface area contributed by atoms with Crippen molar-refractivity contribution in [2.24, 2.45) is 5.41 Å². The van der Waals surface area contributed by atoms with Gasteiger partial charge in [-0.15, -0.1) is 0 Å². The number of esters is 1. The lowest BCUT2D eigenvalue weighted by Crippen LogP contribution is -2.48. The standard InChI is InChI=1S/C14H18BrNO2/c1-16-12(10-6-3-4-7-11(10)15)14(8-5-9-14)13(17)18-2/h3-4,6-7,12,16H,5,8-9H2,1-2H3. The van der Waals surface area contributed by atoms with Crippen molar-refractivity contribution in [2.75, 3.05) is 14.2 Å². The van der Waals surface area contributed by atoms with Crippen molar-refractivity contribution in [1.29, 1.82) is 0 Å². The molecule has 0 amide bonds. The van der Waals surface area contributed by atoms with Crippen LogP contribution in [0.3, 0.4) is 0 Å². The van der Waals surface area contributed by atoms with Crippen molar-refractivity contribution in [3.05, 3.63) is 34.3 Å². The Morgan fingerprint density at radius 1 is 1.44 bits per heavy atom. The summed E-state index contributed by atoms with van der Waals surface area (Å²) in [6, 6.07) is 8.02. The van der Waals surface area contributed by atoms with Crippen molar-refractivity contribution in [2.45, 2.75) is 25.3 Å². The molecule has 4 heteroatoms. The number of carbonyl (C=O) groups is 1. The molecular formula is C14H18BrNO2. The zero-order valence-electron chi connectivity index (χ0n) is 10.7. The zero-order valence-corrected chi connectivity index (χ0v) is 12.3. The van der Waals surface area contributed by atoms with Gasteiger partial charge in [0, 0.05) is 10.5 Å². The minimum absolute atomic E-state index is 0.00530. The molecule has 2 rings (SSSR count). The Bertz CT molecular complexity index is 443. The van der Waals surface area contributed by atoms with E-state index in [4.69, 9.17) is 4.74 Å². The van der Waals surface area contributed by atoms with Gasteiger partial charge in [-0.25, -0.2) is 0 Å². The van der Waals surface area contributed by atoms with E-state index in [9.17, 15) is 4.79 Å². The normalized spacial score (nSPS) is 18.8. The predicted molar refractivity (Wildman–Crippen MR) is 74.2 cm³/mol. The molecular weight excluding hydrogens is 294 g/mol. The quantitative estimate of drug-likeness (QED) is 0.869. The maximum absolute atomic E-state index is 12.1. The molecule has 18 heavy (non-hydrogen) atoms. The number of ether oxygens (including phenoxy) is 1. The Kier molecular flexibility index (Phi) is 4.07. The van der Waals surface area contributed by atoms with Gasteiger partial charge in [0.15, 0.2) is 0 Å². The third-order valence-corrected chi connectivity index (χ3v) is 4.62. The predicted octanol–water partition coefficient (Wildman–Crippen LogP) is 3.05. The first-order chi connectivity index (χ1) is 8.65. The van der Waals surface area contributed by atoms with E-state index in [0.29, 0.717) is 0 Å². The molecule has 0 radical (unpaired) electrons. The van der Waals surface area contributed by atoms with E-state index in [0.717, 1.165) is 29.3 Å². The summed E-state index contributed by atoms with van der Waals surface area (Å²) in [4.78, 5) is 12.1. The highest BCUT2D eigenvalue weighted by Gasteiger charge is 2.51. The number of hydrogen-bond acceptors (Lipinski definition) is 3. The molecule has 1 aromatic rings. The Morgan fingerprint density at radius 3 is 2.56 bits per heavy atom. The molecule has 0 heterocycles. The Balaban J connectivity index is 2.39. The van der Waals surface area contributed by atoms with E-state index in [1.807, 2.05) is 31.3 Å². The molecule has 1 aliphatic carbocycles. The van der Waals surface area contributed by atoms with Crippen LogP contribution in [0.15, 0.2) is 28.7 Å². The van der Waals surface area contributed by atoms with Crippen LogP contribution >= 0.6 is 15.9 Å². The van der Waals surface area contributed by atoms with Crippen molar-refractivity contribution in [3.63, 3.8) is 0 Å². The molecule has 1 aromatic carbocycles. The first-order valence-electron chi connectivity index (χ1n) is 6.16. The summed E-state index contributed by atoms with van der Waals surface area (Å²) in [6.07, 6.45) is 2.84. The summed E-state index contributed by atoms with van der Waals surface area (Å²) < 4.78 is 6.03. The van der Waals surface area contributed by atoms with Crippen molar-refractivity contribution in [1.82, 2.24) is 5.32 Å². The third-order valence-electron chi connectivity index (χ3n) is 3.90. The minimum atomic E-state index is -0.409. The molecule has 1 atom stereocenters. The number of carbonyl (C=O) groups excluding carboxylic acids is 1. The van der Waals surface area contributed by atoms with E-state index in [2.05, 4.69) is 21.2 Å². The van der Waals surface area contributed by atoms with Gasteiger partial charge in [0.25, 0.3) is 0 Å². The number of rotatable bonds is 4. The van der Waals surface area contributed by atoms with Crippen molar-refractivity contribution < 1.29 is 9.53 Å². The van der Waals surface area contributed by atoms with Gasteiger partial charge < -0.3 is 10.1 Å². The SMILES string of the molecule is CNC(c1ccccc1Br)C1(C(=O)OC)CCC1. The summed E-state index contributed by atoms with van der Waals surface area (Å²) in [5.41, 5.74) is 0.706. The second kappa shape index (κ2) is 5.41. The van der Waals surface area contributed by atoms with E-state index < -0.39 is 5.41 Å². The fraction of sp³-hybridized carbons (Fsp3) is 0.500. The van der Waals surface area contributed by atoms with E-state index in [1.54, 1.807) is 0 Å². The smallest absolute Gasteiger partial charge is 0.313 e. The van der Waals surface area contributed by atoms with Crippen LogP contribution in [-0.4, -0.2) is 20.1 Å². The van der Waals surface area contributed by atoms with E-state index in [1.165, 1.54) is 7.11 Å². The van der Waals surface area contributed by atoms with Crippen LogP contribution in [0, 0.1) is 5.41 Å². The average Bonchev–Trinajstić information content (AvgIpc) is 2.34. The number of hydrogen-bond donors (Lipinski definition) is 1. The number of halogens is 1. The Hall–Kier alpha value is -0.870. The second-order valence-electron chi connectivity index (χ2n) is 4.74. The summed E-state index contributed by atoms with van der Waals surface area (Å²) in [5.74, 6) is -0.108. The van der Waals surface area contributed by atoms with Crippen molar-refractivity contribution in [3.8, 4) is 0 Å². The van der Waals surface area contributed by atoms with Crippen LogP contribution in [0.5, 0.6) is 0 Å². The Morgan fingerprint density at radius 2 is 2.11 bits per heavy atom. The van der Waals surface area contributed by atoms with E-state index in [-0.39, 0.29) is 12.0 Å². The van der Waals surface area contributed by atoms with Gasteiger partial charge in [-0.1, -0.05) is 40.5 Å². The topological polar surface area (TPSA) is 38.3 Å². The van der Waals surface area contributed by atoms with Gasteiger partial charge in [0.2, 0.25) is 0 Å². The van der Waals surface area contributed by atoms with Gasteiger partial charge >= 0.3 is 5.97 Å². The van der Waals surface area contributed by atoms with Gasteiger partial charge in [0.05, 0.1) is 12.5 Å². The molecule has 1 fully saturated rings. The summed E-state index contributed by atoms with van der Waals surface area (Å²) in [6.45, 7) is 0. The lowest BCUT2D eigenvalue weighted by atomic mass is 9.62. The molecule has 1 N–H and O–H groups in total. The summed E-state index contributed by atoms with van der Waals surface area (Å²) in [7, 11) is 3.36. The lowest BCUT2D eigenvalue weighted by Gasteiger charge is -2.45. The molecule has 0 spiro atoms. The monoisotopic (exact) mass is 311 g/mol. The molecule has 1 saturated carbocycles. The number of nitrogens with one attached hydrogen (secondary N) is 1. The maximum Gasteiger partial charge on any atom is 0.313 e. The minimum Gasteiger partial charge on any atom is -0.469 e. The third kappa shape index (κ3) is 2.08. The molecule has 1 aliphatic rings. The van der Waals surface area contributed by atoms with Crippen molar-refractivity contribution >= 4 is 21.9 Å². The highest BCUT2D eigenvalue weighted by molar-refractivity contribution is 9.10. The van der Waals surface area contributed by atoms with Gasteiger partial charge in [-0.05, 0) is 31.5 Å². The first-order valence-corrected chi connectivity index (χ1v) is 6.95. The summed E-state index contributed by atoms with van der Waals surface area (Å²) >= 11 is 3.56. The van der Waals surface area contributed by atoms with Crippen LogP contribution in [0.2, 0.25) is 0 Å². The fourth-order valence-corrected chi connectivity index (χ4v) is 3.32. The van der Waals surface area contributed by atoms with Crippen LogP contribution in [0.4, 0.5) is 0 Å². The maximum atomic E-state index is 12.1. The highest BCUT2D eigenvalue weighted by atomic mass is 79.9. The highest BCUT2D eigenvalue weighted by Crippen LogP contribution is 2.51. The van der Waals surface area contributed by atoms with Crippen LogP contribution in [-0.2, 0) is 9.53 Å². The van der Waals surface area contributed by atoms with Crippen LogP contribution in [0.25, 0.3) is 0 Å². The van der Waals surface area contributed by atoms with Gasteiger partial charge in [-0.2, -0.15) is 0 Å². The lowest BCUT2D eigenvalue weighted by molar-refractivity contribution is -0.161. The first kappa shape index (κ1) is 13.6. The largest absolute Gasteiger partial charge is 0.469 e. The molecule has 0 aliphatic heterocycles. The average molecular weight is 312 g/mol. The Labute approximate surface area is 116 Å². The van der Waals surface area contributed by atoms with Gasteiger partial charge in [-0.3, -0.25) is 4.79 Å². The zero-order chi connectivity index (χ0) is 13.2. The van der Waals surface area contributed by atoms with Crippen LogP contribution in [0.1, 0.15) is 30.9 Å². The number of methoxy groups -OCH3 is 1. The molecule has 0 bridgehead atoms. The van der Waals surface area contributed by atoms with E-state index >= 15 is 0 Å². The van der Waals surface area contributed by atoms with Gasteiger partial charge in [0.1, 0.15) is 0 Å². The molecule has 0 saturated heterocycles. The van der Waals surface area contributed by atoms with Crippen LogP contribution < -0.4 is 5.32 Å².